The molecule has 1 atom stereocenters. The van der Waals surface area contributed by atoms with Gasteiger partial charge in [-0.25, -0.2) is 4.39 Å². The average molecular weight is 346 g/mol. The molecule has 1 unspecified atom stereocenters. The van der Waals surface area contributed by atoms with E-state index in [1.54, 1.807) is 23.1 Å². The van der Waals surface area contributed by atoms with Crippen molar-refractivity contribution in [3.8, 4) is 0 Å². The minimum absolute atomic E-state index is 0.0987. The van der Waals surface area contributed by atoms with Crippen LogP contribution in [-0.2, 0) is 11.3 Å². The Morgan fingerprint density at radius 2 is 1.96 bits per heavy atom. The van der Waals surface area contributed by atoms with Crippen molar-refractivity contribution >= 4 is 11.8 Å². The fourth-order valence-corrected chi connectivity index (χ4v) is 2.32. The van der Waals surface area contributed by atoms with E-state index in [2.05, 4.69) is 5.32 Å². The monoisotopic (exact) mass is 346 g/mol. The number of benzene rings is 1. The normalized spacial score (nSPS) is 11.8. The summed E-state index contributed by atoms with van der Waals surface area (Å²) in [4.78, 5) is 26.2. The van der Waals surface area contributed by atoms with Crippen molar-refractivity contribution in [3.63, 3.8) is 0 Å². The number of carbonyl (C=O) groups is 2. The number of carbonyl (C=O) groups excluding carboxylic acids is 2. The highest BCUT2D eigenvalue weighted by atomic mass is 19.1. The summed E-state index contributed by atoms with van der Waals surface area (Å²) < 4.78 is 18.0. The molecule has 0 radical (unpaired) electrons. The van der Waals surface area contributed by atoms with Gasteiger partial charge in [-0.15, -0.1) is 0 Å². The molecule has 1 aromatic heterocycles. The van der Waals surface area contributed by atoms with E-state index in [1.807, 2.05) is 13.8 Å². The fourth-order valence-electron chi connectivity index (χ4n) is 2.32. The number of hydrogen-bond donors (Lipinski definition) is 1. The summed E-state index contributed by atoms with van der Waals surface area (Å²) in [6.45, 7) is 4.49. The Kier molecular flexibility index (Phi) is 6.74. The summed E-state index contributed by atoms with van der Waals surface area (Å²) in [7, 11) is 0. The Hall–Kier alpha value is -2.63. The van der Waals surface area contributed by atoms with E-state index < -0.39 is 0 Å². The highest BCUT2D eigenvalue weighted by Crippen LogP contribution is 2.12. The summed E-state index contributed by atoms with van der Waals surface area (Å²) in [6.07, 6.45) is 3.85. The fraction of sp³-hybridized carbons (Fsp3) is 0.368. The number of furan rings is 1. The summed E-state index contributed by atoms with van der Waals surface area (Å²) in [5.41, 5.74) is 1.21. The third kappa shape index (κ3) is 5.74. The SMILES string of the molecule is CCC(C)NC(=O)CCN(Cc1ccc(F)cc1)C(=O)c1ccoc1. The first-order valence-corrected chi connectivity index (χ1v) is 8.35. The van der Waals surface area contributed by atoms with Gasteiger partial charge in [0.15, 0.2) is 0 Å². The van der Waals surface area contributed by atoms with Crippen molar-refractivity contribution in [3.05, 3.63) is 59.8 Å². The molecule has 0 aliphatic rings. The minimum Gasteiger partial charge on any atom is -0.472 e. The van der Waals surface area contributed by atoms with Gasteiger partial charge < -0.3 is 14.6 Å². The molecule has 0 bridgehead atoms. The lowest BCUT2D eigenvalue weighted by atomic mass is 10.1. The van der Waals surface area contributed by atoms with Crippen molar-refractivity contribution in [2.45, 2.75) is 39.3 Å². The molecule has 2 aromatic rings. The van der Waals surface area contributed by atoms with Crippen LogP contribution in [0.5, 0.6) is 0 Å². The Morgan fingerprint density at radius 3 is 2.56 bits per heavy atom. The van der Waals surface area contributed by atoms with Gasteiger partial charge in [0.05, 0.1) is 11.8 Å². The molecule has 2 amide bonds. The molecule has 0 saturated heterocycles. The van der Waals surface area contributed by atoms with E-state index in [9.17, 15) is 14.0 Å². The van der Waals surface area contributed by atoms with Crippen LogP contribution >= 0.6 is 0 Å². The molecule has 1 aromatic carbocycles. The minimum atomic E-state index is -0.329. The Balaban J connectivity index is 2.05. The molecule has 0 spiro atoms. The van der Waals surface area contributed by atoms with Gasteiger partial charge in [-0.2, -0.15) is 0 Å². The number of nitrogens with zero attached hydrogens (tertiary/aromatic N) is 1. The predicted octanol–water partition coefficient (Wildman–Crippen LogP) is 3.37. The molecule has 6 heteroatoms. The predicted molar refractivity (Wildman–Crippen MR) is 92.4 cm³/mol. The number of nitrogens with one attached hydrogen (secondary N) is 1. The molecule has 2 rings (SSSR count). The average Bonchev–Trinajstić information content (AvgIpc) is 3.14. The maximum absolute atomic E-state index is 13.1. The number of halogens is 1. The van der Waals surface area contributed by atoms with E-state index in [0.717, 1.165) is 12.0 Å². The lowest BCUT2D eigenvalue weighted by Gasteiger charge is -2.22. The van der Waals surface area contributed by atoms with Gasteiger partial charge in [-0.1, -0.05) is 19.1 Å². The van der Waals surface area contributed by atoms with Crippen molar-refractivity contribution < 1.29 is 18.4 Å². The molecule has 5 nitrogen and oxygen atoms in total. The van der Waals surface area contributed by atoms with E-state index in [-0.39, 0.29) is 36.6 Å². The molecule has 134 valence electrons. The van der Waals surface area contributed by atoms with Gasteiger partial charge in [0.2, 0.25) is 5.91 Å². The molecule has 0 saturated carbocycles. The van der Waals surface area contributed by atoms with Crippen molar-refractivity contribution in [2.75, 3.05) is 6.54 Å². The third-order valence-corrected chi connectivity index (χ3v) is 3.97. The smallest absolute Gasteiger partial charge is 0.257 e. The second-order valence-electron chi connectivity index (χ2n) is 5.99. The maximum atomic E-state index is 13.1. The molecular weight excluding hydrogens is 323 g/mol. The van der Waals surface area contributed by atoms with Gasteiger partial charge in [0.25, 0.3) is 5.91 Å². The van der Waals surface area contributed by atoms with Gasteiger partial charge in [0, 0.05) is 25.6 Å². The van der Waals surface area contributed by atoms with Gasteiger partial charge in [-0.05, 0) is 37.1 Å². The third-order valence-electron chi connectivity index (χ3n) is 3.97. The maximum Gasteiger partial charge on any atom is 0.257 e. The van der Waals surface area contributed by atoms with Crippen LogP contribution in [0.3, 0.4) is 0 Å². The first-order chi connectivity index (χ1) is 12.0. The van der Waals surface area contributed by atoms with E-state index in [0.29, 0.717) is 12.1 Å². The highest BCUT2D eigenvalue weighted by molar-refractivity contribution is 5.94. The van der Waals surface area contributed by atoms with Crippen molar-refractivity contribution in [1.29, 1.82) is 0 Å². The zero-order valence-corrected chi connectivity index (χ0v) is 14.5. The topological polar surface area (TPSA) is 62.6 Å². The Bertz CT molecular complexity index is 683. The van der Waals surface area contributed by atoms with Crippen LogP contribution in [0.15, 0.2) is 47.3 Å². The number of amides is 2. The molecule has 1 heterocycles. The largest absolute Gasteiger partial charge is 0.472 e. The summed E-state index contributed by atoms with van der Waals surface area (Å²) in [5, 5.41) is 2.88. The van der Waals surface area contributed by atoms with Gasteiger partial charge >= 0.3 is 0 Å². The molecule has 0 aliphatic heterocycles. The van der Waals surface area contributed by atoms with E-state index in [4.69, 9.17) is 4.42 Å². The van der Waals surface area contributed by atoms with Crippen LogP contribution in [0.25, 0.3) is 0 Å². The molecule has 25 heavy (non-hydrogen) atoms. The van der Waals surface area contributed by atoms with Crippen molar-refractivity contribution in [2.24, 2.45) is 0 Å². The van der Waals surface area contributed by atoms with Gasteiger partial charge in [0.1, 0.15) is 12.1 Å². The summed E-state index contributed by atoms with van der Waals surface area (Å²) in [5.74, 6) is -0.655. The number of rotatable bonds is 8. The van der Waals surface area contributed by atoms with Crippen LogP contribution in [0.1, 0.15) is 42.6 Å². The van der Waals surface area contributed by atoms with Crippen LogP contribution in [0, 0.1) is 5.82 Å². The second kappa shape index (κ2) is 9.01. The van der Waals surface area contributed by atoms with E-state index in [1.165, 1.54) is 24.7 Å². The van der Waals surface area contributed by atoms with Crippen LogP contribution in [0.2, 0.25) is 0 Å². The second-order valence-corrected chi connectivity index (χ2v) is 5.99. The molecule has 0 aliphatic carbocycles. The zero-order chi connectivity index (χ0) is 18.2. The molecule has 0 fully saturated rings. The summed E-state index contributed by atoms with van der Waals surface area (Å²) in [6, 6.07) is 7.65. The Morgan fingerprint density at radius 1 is 1.24 bits per heavy atom. The Labute approximate surface area is 146 Å². The van der Waals surface area contributed by atoms with Crippen LogP contribution in [0.4, 0.5) is 4.39 Å². The van der Waals surface area contributed by atoms with Gasteiger partial charge in [-0.3, -0.25) is 9.59 Å². The first kappa shape index (κ1) is 18.7. The molecular formula is C19H23FN2O3. The van der Waals surface area contributed by atoms with Crippen LogP contribution in [-0.4, -0.2) is 29.3 Å². The van der Waals surface area contributed by atoms with Crippen molar-refractivity contribution in [1.82, 2.24) is 10.2 Å². The first-order valence-electron chi connectivity index (χ1n) is 8.35. The van der Waals surface area contributed by atoms with E-state index >= 15 is 0 Å². The zero-order valence-electron chi connectivity index (χ0n) is 14.5. The lowest BCUT2D eigenvalue weighted by Crippen LogP contribution is -2.37. The van der Waals surface area contributed by atoms with Crippen LogP contribution < -0.4 is 5.32 Å². The quantitative estimate of drug-likeness (QED) is 0.797. The standard InChI is InChI=1S/C19H23FN2O3/c1-3-14(2)21-18(23)8-10-22(19(24)16-9-11-25-13-16)12-15-4-6-17(20)7-5-15/h4-7,9,11,13-14H,3,8,10,12H2,1-2H3,(H,21,23). The number of hydrogen-bond acceptors (Lipinski definition) is 3. The summed E-state index contributed by atoms with van der Waals surface area (Å²) >= 11 is 0. The highest BCUT2D eigenvalue weighted by Gasteiger charge is 2.19. The molecule has 1 N–H and O–H groups in total. The lowest BCUT2D eigenvalue weighted by molar-refractivity contribution is -0.121.